The normalized spacial score (nSPS) is 33.9. The van der Waals surface area contributed by atoms with Gasteiger partial charge >= 0.3 is 6.03 Å². The Labute approximate surface area is 213 Å². The molecule has 3 amide bonds. The molecule has 37 heavy (non-hydrogen) atoms. The minimum Gasteiger partial charge on any atom is -0.510 e. The zero-order valence-electron chi connectivity index (χ0n) is 21.3. The number of anilines is 1. The summed E-state index contributed by atoms with van der Waals surface area (Å²) in [6.45, 7) is 3.57. The fraction of sp³-hybridized carbons (Fsp3) is 0.500. The van der Waals surface area contributed by atoms with Crippen molar-refractivity contribution in [2.75, 3.05) is 26.5 Å². The highest BCUT2D eigenvalue weighted by Crippen LogP contribution is 2.82. The molecule has 1 spiro atoms. The van der Waals surface area contributed by atoms with E-state index in [-0.39, 0.29) is 46.1 Å². The number of phenols is 1. The number of allylic oxidation sites excluding steroid dienone is 1. The smallest absolute Gasteiger partial charge is 0.319 e. The van der Waals surface area contributed by atoms with Gasteiger partial charge in [-0.2, -0.15) is 0 Å². The van der Waals surface area contributed by atoms with Crippen LogP contribution in [0, 0.1) is 34.4 Å². The summed E-state index contributed by atoms with van der Waals surface area (Å²) in [6, 6.07) is -0.395. The number of halogens is 1. The van der Waals surface area contributed by atoms with Crippen molar-refractivity contribution in [2.24, 2.45) is 34.3 Å². The van der Waals surface area contributed by atoms with Gasteiger partial charge in [-0.05, 0) is 44.7 Å². The van der Waals surface area contributed by atoms with Crippen LogP contribution < -0.4 is 16.4 Å². The topological polar surface area (TPSA) is 165 Å². The van der Waals surface area contributed by atoms with Crippen LogP contribution in [0.5, 0.6) is 5.75 Å². The Balaban J connectivity index is 1.72. The molecule has 5 rings (SSSR count). The number of likely N-dealkylation sites (N-methyl/N-ethyl adjacent to an activating group) is 1. The first-order chi connectivity index (χ1) is 17.3. The summed E-state index contributed by atoms with van der Waals surface area (Å²) in [5.41, 5.74) is 3.18. The van der Waals surface area contributed by atoms with Gasteiger partial charge < -0.3 is 31.7 Å². The number of aromatic hydroxyl groups is 1. The van der Waals surface area contributed by atoms with Crippen molar-refractivity contribution >= 4 is 29.2 Å². The quantitative estimate of drug-likeness (QED) is 0.337. The minimum absolute atomic E-state index is 0.0176. The number of nitrogens with one attached hydrogen (secondary N) is 2. The number of fused-ring (bicyclic) bond motifs is 2. The lowest BCUT2D eigenvalue weighted by Crippen LogP contribution is -2.55. The van der Waals surface area contributed by atoms with Crippen molar-refractivity contribution < 1.29 is 34.1 Å². The van der Waals surface area contributed by atoms with Gasteiger partial charge in [0.2, 0.25) is 5.91 Å². The number of Topliss-reactive ketones (excluding diaryl/α,β-unsaturated/α-hetero) is 1. The van der Waals surface area contributed by atoms with E-state index in [0.717, 1.165) is 6.07 Å². The third-order valence-corrected chi connectivity index (χ3v) is 9.49. The average molecular weight is 515 g/mol. The maximum absolute atomic E-state index is 15.2. The van der Waals surface area contributed by atoms with Crippen molar-refractivity contribution in [3.05, 3.63) is 39.9 Å². The number of aliphatic hydroxyl groups excluding tert-OH is 2. The maximum Gasteiger partial charge on any atom is 0.319 e. The van der Waals surface area contributed by atoms with Crippen LogP contribution in [0.3, 0.4) is 0 Å². The molecule has 10 nitrogen and oxygen atoms in total. The van der Waals surface area contributed by atoms with Crippen molar-refractivity contribution in [1.29, 1.82) is 0 Å². The molecule has 1 aromatic carbocycles. The molecule has 0 saturated heterocycles. The SMILES string of the molecule is CNC(=O)Nc1cc(F)c2c(c1O)C(O)=C1C(=O)[C@]34C(C)[C@]3(C)C(C(N)=O)=C(O)[C@@H](N(C)C)[C@@H]4C[C@@H]1C2. The number of rotatable bonds is 3. The molecule has 1 aromatic rings. The third-order valence-electron chi connectivity index (χ3n) is 9.49. The van der Waals surface area contributed by atoms with E-state index in [2.05, 4.69) is 10.6 Å². The fourth-order valence-corrected chi connectivity index (χ4v) is 7.87. The van der Waals surface area contributed by atoms with Gasteiger partial charge in [-0.3, -0.25) is 14.5 Å². The molecule has 0 aromatic heterocycles. The molecule has 1 unspecified atom stereocenters. The van der Waals surface area contributed by atoms with Crippen LogP contribution in [-0.4, -0.2) is 65.1 Å². The van der Waals surface area contributed by atoms with E-state index < -0.39 is 63.8 Å². The predicted octanol–water partition coefficient (Wildman–Crippen LogP) is 2.20. The number of carbonyl (C=O) groups is 3. The van der Waals surface area contributed by atoms with Crippen molar-refractivity contribution in [3.8, 4) is 5.75 Å². The summed E-state index contributed by atoms with van der Waals surface area (Å²) in [5, 5.41) is 38.1. The first-order valence-corrected chi connectivity index (χ1v) is 12.2. The number of carbonyl (C=O) groups excluding carboxylic acids is 3. The summed E-state index contributed by atoms with van der Waals surface area (Å²) in [6.07, 6.45) is 0.368. The zero-order valence-corrected chi connectivity index (χ0v) is 21.3. The molecular weight excluding hydrogens is 483 g/mol. The van der Waals surface area contributed by atoms with Crippen LogP contribution in [-0.2, 0) is 16.0 Å². The van der Waals surface area contributed by atoms with Gasteiger partial charge in [0.1, 0.15) is 17.3 Å². The van der Waals surface area contributed by atoms with E-state index in [1.807, 2.05) is 6.92 Å². The Morgan fingerprint density at radius 1 is 1.24 bits per heavy atom. The van der Waals surface area contributed by atoms with Crippen molar-refractivity contribution in [1.82, 2.24) is 10.2 Å². The molecule has 4 aliphatic rings. The lowest BCUT2D eigenvalue weighted by atomic mass is 9.56. The molecule has 11 heteroatoms. The fourth-order valence-electron chi connectivity index (χ4n) is 7.87. The highest BCUT2D eigenvalue weighted by atomic mass is 19.1. The predicted molar refractivity (Wildman–Crippen MR) is 132 cm³/mol. The lowest BCUT2D eigenvalue weighted by Gasteiger charge is -2.49. The molecule has 2 fully saturated rings. The molecular formula is C26H31FN4O6. The van der Waals surface area contributed by atoms with Gasteiger partial charge in [0.05, 0.1) is 28.3 Å². The summed E-state index contributed by atoms with van der Waals surface area (Å²) >= 11 is 0. The summed E-state index contributed by atoms with van der Waals surface area (Å²) in [5.74, 6) is -4.56. The van der Waals surface area contributed by atoms with Crippen LogP contribution in [0.4, 0.5) is 14.9 Å². The second-order valence-corrected chi connectivity index (χ2v) is 11.0. The Bertz CT molecular complexity index is 1350. The molecule has 7 N–H and O–H groups in total. The van der Waals surface area contributed by atoms with E-state index in [0.29, 0.717) is 6.42 Å². The highest BCUT2D eigenvalue weighted by molar-refractivity contribution is 6.13. The number of hydrogen-bond donors (Lipinski definition) is 6. The number of ketones is 1. The van der Waals surface area contributed by atoms with Crippen LogP contribution in [0.2, 0.25) is 0 Å². The Kier molecular flexibility index (Phi) is 5.22. The van der Waals surface area contributed by atoms with Gasteiger partial charge in [0, 0.05) is 29.7 Å². The minimum atomic E-state index is -1.12. The van der Waals surface area contributed by atoms with Crippen LogP contribution in [0.1, 0.15) is 31.4 Å². The molecule has 198 valence electrons. The van der Waals surface area contributed by atoms with E-state index in [4.69, 9.17) is 5.73 Å². The number of primary amides is 1. The summed E-state index contributed by atoms with van der Waals surface area (Å²) < 4.78 is 15.2. The average Bonchev–Trinajstić information content (AvgIpc) is 3.30. The summed E-state index contributed by atoms with van der Waals surface area (Å²) in [4.78, 5) is 40.5. The van der Waals surface area contributed by atoms with Gasteiger partial charge in [0.25, 0.3) is 0 Å². The van der Waals surface area contributed by atoms with Gasteiger partial charge in [-0.1, -0.05) is 13.8 Å². The molecule has 0 heterocycles. The number of aliphatic hydroxyl groups is 2. The van der Waals surface area contributed by atoms with E-state index in [1.54, 1.807) is 25.9 Å². The number of amides is 3. The Morgan fingerprint density at radius 3 is 2.46 bits per heavy atom. The van der Waals surface area contributed by atoms with E-state index in [9.17, 15) is 29.7 Å². The number of nitrogens with zero attached hydrogens (tertiary/aromatic N) is 1. The molecule has 0 radical (unpaired) electrons. The number of nitrogens with two attached hydrogens (primary N) is 1. The highest BCUT2D eigenvalue weighted by Gasteiger charge is 2.85. The van der Waals surface area contributed by atoms with Gasteiger partial charge in [-0.25, -0.2) is 9.18 Å². The van der Waals surface area contributed by atoms with Gasteiger partial charge in [-0.15, -0.1) is 0 Å². The first kappa shape index (κ1) is 25.1. The van der Waals surface area contributed by atoms with Crippen LogP contribution in [0.15, 0.2) is 23.0 Å². The lowest BCUT2D eigenvalue weighted by molar-refractivity contribution is -0.130. The number of hydrogen-bond acceptors (Lipinski definition) is 7. The number of benzene rings is 1. The molecule has 0 aliphatic heterocycles. The maximum atomic E-state index is 15.2. The van der Waals surface area contributed by atoms with Crippen molar-refractivity contribution in [2.45, 2.75) is 32.7 Å². The number of urea groups is 1. The van der Waals surface area contributed by atoms with Crippen LogP contribution in [0.25, 0.3) is 5.76 Å². The van der Waals surface area contributed by atoms with Crippen LogP contribution >= 0.6 is 0 Å². The molecule has 0 bridgehead atoms. The third kappa shape index (κ3) is 2.80. The van der Waals surface area contributed by atoms with Crippen molar-refractivity contribution in [3.63, 3.8) is 0 Å². The largest absolute Gasteiger partial charge is 0.510 e. The monoisotopic (exact) mass is 514 g/mol. The van der Waals surface area contributed by atoms with E-state index in [1.165, 1.54) is 7.05 Å². The number of phenolic OH excluding ortho intramolecular Hbond substituents is 1. The second kappa shape index (κ2) is 7.70. The molecule has 2 saturated carbocycles. The zero-order chi connectivity index (χ0) is 27.4. The Hall–Kier alpha value is -3.60. The first-order valence-electron chi connectivity index (χ1n) is 12.2. The molecule has 6 atom stereocenters. The van der Waals surface area contributed by atoms with E-state index >= 15 is 4.39 Å². The van der Waals surface area contributed by atoms with Gasteiger partial charge in [0.15, 0.2) is 11.5 Å². The Morgan fingerprint density at radius 2 is 1.89 bits per heavy atom. The second-order valence-electron chi connectivity index (χ2n) is 11.0. The standard InChI is InChI=1S/C26H31FN4O6/c1-9-25(2)17(23(28)36)21(34)18(31(4)5)12-7-10-6-11-13(27)8-14(30-24(37)29-3)19(32)16(11)20(33)15(10)22(35)26(9,12)25/h8-10,12,18,32-34H,6-7H2,1-5H3,(H2,28,36)(H2,29,30,37)/t9?,10-,12-,18-,25+,26+/m0/s1. The summed E-state index contributed by atoms with van der Waals surface area (Å²) in [7, 11) is 4.84. The molecule has 4 aliphatic carbocycles.